The van der Waals surface area contributed by atoms with E-state index in [0.29, 0.717) is 32.0 Å². The minimum absolute atomic E-state index is 0.0551. The van der Waals surface area contributed by atoms with Crippen molar-refractivity contribution in [3.63, 3.8) is 0 Å². The molecular formula is C19H25N3O4S2. The molecule has 0 radical (unpaired) electrons. The summed E-state index contributed by atoms with van der Waals surface area (Å²) in [5.74, 6) is -0.414. The van der Waals surface area contributed by atoms with Crippen molar-refractivity contribution in [2.24, 2.45) is 0 Å². The van der Waals surface area contributed by atoms with Gasteiger partial charge in [0.05, 0.1) is 13.2 Å². The number of carbonyl (C=O) groups excluding carboxylic acids is 1. The summed E-state index contributed by atoms with van der Waals surface area (Å²) in [5, 5.41) is 4.44. The van der Waals surface area contributed by atoms with E-state index in [4.69, 9.17) is 4.74 Å². The minimum Gasteiger partial charge on any atom is -0.379 e. The molecule has 9 heteroatoms. The Hall–Kier alpha value is -1.78. The molecule has 0 aliphatic carbocycles. The number of nitrogens with one attached hydrogen (secondary N) is 1. The summed E-state index contributed by atoms with van der Waals surface area (Å²) >= 11 is 1.13. The number of anilines is 1. The van der Waals surface area contributed by atoms with E-state index in [0.717, 1.165) is 24.3 Å². The highest BCUT2D eigenvalue weighted by Gasteiger charge is 2.31. The number of hydrogen-bond acceptors (Lipinski definition) is 6. The third-order valence-electron chi connectivity index (χ3n) is 4.48. The molecule has 1 fully saturated rings. The lowest BCUT2D eigenvalue weighted by Gasteiger charge is -2.26. The number of benzene rings is 1. The first-order valence-electron chi connectivity index (χ1n) is 9.08. The summed E-state index contributed by atoms with van der Waals surface area (Å²) in [5.41, 5.74) is 1.82. The van der Waals surface area contributed by atoms with Crippen molar-refractivity contribution in [1.82, 2.24) is 9.21 Å². The van der Waals surface area contributed by atoms with Gasteiger partial charge in [0.1, 0.15) is 9.77 Å². The van der Waals surface area contributed by atoms with Crippen LogP contribution >= 0.6 is 11.3 Å². The lowest BCUT2D eigenvalue weighted by atomic mass is 10.1. The number of ether oxygens (including phenoxy) is 1. The van der Waals surface area contributed by atoms with E-state index in [-0.39, 0.29) is 9.77 Å². The molecule has 1 amide bonds. The number of rotatable bonds is 7. The predicted molar refractivity (Wildman–Crippen MR) is 111 cm³/mol. The van der Waals surface area contributed by atoms with Crippen LogP contribution in [0.4, 0.5) is 5.69 Å². The van der Waals surface area contributed by atoms with Gasteiger partial charge in [-0.3, -0.25) is 4.79 Å². The molecule has 152 valence electrons. The molecule has 28 heavy (non-hydrogen) atoms. The van der Waals surface area contributed by atoms with Crippen LogP contribution in [-0.2, 0) is 21.2 Å². The molecule has 1 aromatic heterocycles. The standard InChI is InChI=1S/C19H25N3O4S2/c1-21(2)9-7-15-3-5-16(6-4-15)20-19(23)18-17(8-14-27-18)28(24,25)22-10-12-26-13-11-22/h3-6,8,14H,7,9-13H2,1-2H3,(H,20,23). The fourth-order valence-electron chi connectivity index (χ4n) is 2.89. The molecule has 2 aromatic rings. The summed E-state index contributed by atoms with van der Waals surface area (Å²) in [6, 6.07) is 9.12. The second-order valence-electron chi connectivity index (χ2n) is 6.83. The lowest BCUT2D eigenvalue weighted by Crippen LogP contribution is -2.41. The van der Waals surface area contributed by atoms with Crippen LogP contribution in [0.3, 0.4) is 0 Å². The van der Waals surface area contributed by atoms with Gasteiger partial charge < -0.3 is 15.0 Å². The molecule has 1 aromatic carbocycles. The Morgan fingerprint density at radius 1 is 1.18 bits per heavy atom. The van der Waals surface area contributed by atoms with Crippen LogP contribution in [0.5, 0.6) is 0 Å². The maximum atomic E-state index is 12.9. The van der Waals surface area contributed by atoms with Gasteiger partial charge in [-0.05, 0) is 49.7 Å². The summed E-state index contributed by atoms with van der Waals surface area (Å²) in [4.78, 5) is 15.1. The normalized spacial score (nSPS) is 15.7. The van der Waals surface area contributed by atoms with Crippen molar-refractivity contribution in [2.45, 2.75) is 11.3 Å². The molecule has 1 aliphatic rings. The van der Waals surface area contributed by atoms with Gasteiger partial charge >= 0.3 is 0 Å². The Labute approximate surface area is 170 Å². The zero-order valence-electron chi connectivity index (χ0n) is 16.1. The summed E-state index contributed by atoms with van der Waals surface area (Å²) in [7, 11) is 0.341. The molecule has 1 N–H and O–H groups in total. The van der Waals surface area contributed by atoms with Crippen molar-refractivity contribution in [1.29, 1.82) is 0 Å². The lowest BCUT2D eigenvalue weighted by molar-refractivity contribution is 0.0730. The topological polar surface area (TPSA) is 79.0 Å². The van der Waals surface area contributed by atoms with Gasteiger partial charge in [0, 0.05) is 25.3 Å². The number of likely N-dealkylation sites (N-methyl/N-ethyl adjacent to an activating group) is 1. The van der Waals surface area contributed by atoms with Gasteiger partial charge in [-0.2, -0.15) is 4.31 Å². The van der Waals surface area contributed by atoms with E-state index < -0.39 is 15.9 Å². The molecule has 0 spiro atoms. The average Bonchev–Trinajstić information content (AvgIpc) is 3.19. The Morgan fingerprint density at radius 2 is 1.86 bits per heavy atom. The average molecular weight is 424 g/mol. The van der Waals surface area contributed by atoms with E-state index in [2.05, 4.69) is 10.2 Å². The van der Waals surface area contributed by atoms with Gasteiger partial charge in [0.2, 0.25) is 10.0 Å². The Balaban J connectivity index is 1.71. The number of carbonyl (C=O) groups is 1. The zero-order chi connectivity index (χ0) is 20.1. The molecule has 3 rings (SSSR count). The number of nitrogens with zero attached hydrogens (tertiary/aromatic N) is 2. The van der Waals surface area contributed by atoms with Gasteiger partial charge in [-0.1, -0.05) is 12.1 Å². The number of morpholine rings is 1. The van der Waals surface area contributed by atoms with Gasteiger partial charge in [0.15, 0.2) is 0 Å². The quantitative estimate of drug-likeness (QED) is 0.738. The highest BCUT2D eigenvalue weighted by Crippen LogP contribution is 2.27. The first-order chi connectivity index (χ1) is 13.4. The maximum absolute atomic E-state index is 12.9. The first-order valence-corrected chi connectivity index (χ1v) is 11.4. The highest BCUT2D eigenvalue weighted by atomic mass is 32.2. The van der Waals surface area contributed by atoms with Gasteiger partial charge in [-0.25, -0.2) is 8.42 Å². The van der Waals surface area contributed by atoms with Gasteiger partial charge in [0.25, 0.3) is 5.91 Å². The molecule has 0 saturated carbocycles. The van der Waals surface area contributed by atoms with Crippen LogP contribution in [0.1, 0.15) is 15.2 Å². The molecule has 0 bridgehead atoms. The van der Waals surface area contributed by atoms with E-state index in [9.17, 15) is 13.2 Å². The van der Waals surface area contributed by atoms with Crippen molar-refractivity contribution in [2.75, 3.05) is 52.3 Å². The maximum Gasteiger partial charge on any atom is 0.267 e. The van der Waals surface area contributed by atoms with E-state index in [1.807, 2.05) is 38.4 Å². The SMILES string of the molecule is CN(C)CCc1ccc(NC(=O)c2sccc2S(=O)(=O)N2CCOCC2)cc1. The molecular weight excluding hydrogens is 398 g/mol. The molecule has 1 aliphatic heterocycles. The smallest absolute Gasteiger partial charge is 0.267 e. The van der Waals surface area contributed by atoms with Crippen LogP contribution < -0.4 is 5.32 Å². The van der Waals surface area contributed by atoms with Crippen LogP contribution in [0, 0.1) is 0 Å². The largest absolute Gasteiger partial charge is 0.379 e. The fourth-order valence-corrected chi connectivity index (χ4v) is 5.59. The number of amides is 1. The van der Waals surface area contributed by atoms with Crippen molar-refractivity contribution >= 4 is 33.0 Å². The third-order valence-corrected chi connectivity index (χ3v) is 7.47. The number of thiophene rings is 1. The van der Waals surface area contributed by atoms with Gasteiger partial charge in [-0.15, -0.1) is 11.3 Å². The third kappa shape index (κ3) is 4.98. The second-order valence-corrected chi connectivity index (χ2v) is 9.66. The van der Waals surface area contributed by atoms with Crippen molar-refractivity contribution in [3.8, 4) is 0 Å². The van der Waals surface area contributed by atoms with Crippen LogP contribution in [0.15, 0.2) is 40.6 Å². The number of hydrogen-bond donors (Lipinski definition) is 1. The molecule has 1 saturated heterocycles. The van der Waals surface area contributed by atoms with Crippen LogP contribution in [0.25, 0.3) is 0 Å². The predicted octanol–water partition coefficient (Wildman–Crippen LogP) is 2.13. The molecule has 7 nitrogen and oxygen atoms in total. The van der Waals surface area contributed by atoms with Crippen molar-refractivity contribution in [3.05, 3.63) is 46.2 Å². The minimum atomic E-state index is -3.71. The van der Waals surface area contributed by atoms with E-state index in [1.165, 1.54) is 15.9 Å². The first kappa shape index (κ1) is 20.9. The fraction of sp³-hybridized carbons (Fsp3) is 0.421. The summed E-state index contributed by atoms with van der Waals surface area (Å²) in [6.45, 7) is 2.28. The highest BCUT2D eigenvalue weighted by molar-refractivity contribution is 7.89. The van der Waals surface area contributed by atoms with Crippen LogP contribution in [-0.4, -0.2) is 70.5 Å². The zero-order valence-corrected chi connectivity index (χ0v) is 17.7. The molecule has 0 unspecified atom stereocenters. The summed E-state index contributed by atoms with van der Waals surface area (Å²) < 4.78 is 32.4. The summed E-state index contributed by atoms with van der Waals surface area (Å²) in [6.07, 6.45) is 0.925. The Kier molecular flexibility index (Phi) is 6.84. The van der Waals surface area contributed by atoms with E-state index in [1.54, 1.807) is 5.38 Å². The Morgan fingerprint density at radius 3 is 2.50 bits per heavy atom. The van der Waals surface area contributed by atoms with E-state index >= 15 is 0 Å². The molecule has 0 atom stereocenters. The monoisotopic (exact) mass is 423 g/mol. The van der Waals surface area contributed by atoms with Crippen molar-refractivity contribution < 1.29 is 17.9 Å². The van der Waals surface area contributed by atoms with Crippen LogP contribution in [0.2, 0.25) is 0 Å². The second kappa shape index (κ2) is 9.15. The molecule has 2 heterocycles. The number of sulfonamides is 1. The Bertz CT molecular complexity index is 902.